The Bertz CT molecular complexity index is 577. The van der Waals surface area contributed by atoms with Crippen LogP contribution in [0.25, 0.3) is 0 Å². The highest BCUT2D eigenvalue weighted by Gasteiger charge is 2.31. The van der Waals surface area contributed by atoms with Crippen LogP contribution in [0.3, 0.4) is 0 Å². The van der Waals surface area contributed by atoms with Gasteiger partial charge in [0.1, 0.15) is 5.82 Å². The zero-order valence-corrected chi connectivity index (χ0v) is 15.4. The summed E-state index contributed by atoms with van der Waals surface area (Å²) in [5.74, 6) is 0.563. The normalized spacial score (nSPS) is 17.7. The number of hydrogen-bond acceptors (Lipinski definition) is 4. The quantitative estimate of drug-likeness (QED) is 0.834. The first kappa shape index (κ1) is 20.5. The minimum atomic E-state index is -4.37. The number of amides is 1. The minimum Gasteiger partial charge on any atom is -0.355 e. The summed E-state index contributed by atoms with van der Waals surface area (Å²) in [7, 11) is 0. The molecule has 1 aromatic heterocycles. The van der Waals surface area contributed by atoms with Crippen molar-refractivity contribution in [3.8, 4) is 0 Å². The number of nitrogens with one attached hydrogen (secondary N) is 1. The number of alkyl halides is 3. The lowest BCUT2D eigenvalue weighted by Gasteiger charge is -2.23. The van der Waals surface area contributed by atoms with E-state index in [1.165, 1.54) is 6.07 Å². The molecule has 0 aromatic carbocycles. The van der Waals surface area contributed by atoms with Gasteiger partial charge in [0.2, 0.25) is 5.91 Å². The van der Waals surface area contributed by atoms with E-state index < -0.39 is 11.7 Å². The average molecular weight is 372 g/mol. The van der Waals surface area contributed by atoms with Crippen molar-refractivity contribution >= 4 is 11.7 Å². The van der Waals surface area contributed by atoms with E-state index in [0.717, 1.165) is 38.1 Å². The number of halogens is 3. The van der Waals surface area contributed by atoms with Gasteiger partial charge < -0.3 is 10.2 Å². The Balaban J connectivity index is 1.86. The van der Waals surface area contributed by atoms with Crippen molar-refractivity contribution < 1.29 is 18.0 Å². The second kappa shape index (κ2) is 9.21. The van der Waals surface area contributed by atoms with Gasteiger partial charge >= 0.3 is 6.18 Å². The Morgan fingerprint density at radius 3 is 2.65 bits per heavy atom. The number of aromatic nitrogens is 1. The van der Waals surface area contributed by atoms with Crippen LogP contribution in [-0.2, 0) is 11.0 Å². The molecule has 1 atom stereocenters. The molecule has 1 aromatic rings. The fourth-order valence-electron chi connectivity index (χ4n) is 3.13. The van der Waals surface area contributed by atoms with Crippen LogP contribution >= 0.6 is 0 Å². The third-order valence-corrected chi connectivity index (χ3v) is 4.48. The molecule has 0 spiro atoms. The minimum absolute atomic E-state index is 0.0204. The van der Waals surface area contributed by atoms with Crippen molar-refractivity contribution in [2.45, 2.75) is 45.3 Å². The monoisotopic (exact) mass is 372 g/mol. The van der Waals surface area contributed by atoms with Gasteiger partial charge in [-0.15, -0.1) is 0 Å². The molecule has 1 amide bonds. The molecule has 1 saturated heterocycles. The van der Waals surface area contributed by atoms with Crippen LogP contribution < -0.4 is 10.2 Å². The summed E-state index contributed by atoms with van der Waals surface area (Å²) in [5, 5.41) is 3.00. The molecule has 146 valence electrons. The van der Waals surface area contributed by atoms with Crippen molar-refractivity contribution in [3.63, 3.8) is 0 Å². The highest BCUT2D eigenvalue weighted by Crippen LogP contribution is 2.29. The number of rotatable bonds is 6. The Morgan fingerprint density at radius 2 is 2.04 bits per heavy atom. The smallest absolute Gasteiger partial charge is 0.355 e. The number of pyridine rings is 1. The molecule has 2 rings (SSSR count). The van der Waals surface area contributed by atoms with Gasteiger partial charge in [-0.25, -0.2) is 4.98 Å². The summed E-state index contributed by atoms with van der Waals surface area (Å²) >= 11 is 0. The van der Waals surface area contributed by atoms with E-state index in [2.05, 4.69) is 22.1 Å². The first-order valence-electron chi connectivity index (χ1n) is 9.09. The summed E-state index contributed by atoms with van der Waals surface area (Å²) < 4.78 is 37.9. The number of carbonyl (C=O) groups excluding carboxylic acids is 1. The Kier molecular flexibility index (Phi) is 7.25. The average Bonchev–Trinajstić information content (AvgIpc) is 2.80. The lowest BCUT2D eigenvalue weighted by atomic mass is 10.2. The van der Waals surface area contributed by atoms with E-state index in [0.29, 0.717) is 32.0 Å². The molecule has 1 fully saturated rings. The molecule has 0 aliphatic carbocycles. The van der Waals surface area contributed by atoms with Crippen molar-refractivity contribution in [3.05, 3.63) is 23.9 Å². The maximum Gasteiger partial charge on any atom is 0.417 e. The van der Waals surface area contributed by atoms with E-state index in [4.69, 9.17) is 0 Å². The van der Waals surface area contributed by atoms with Crippen molar-refractivity contribution in [1.82, 2.24) is 15.2 Å². The van der Waals surface area contributed by atoms with Gasteiger partial charge in [0.15, 0.2) is 0 Å². The SMILES string of the molecule is CCC[C@H](C)NC(=O)CN1CCCN(c2ccc(C(F)(F)F)cn2)CC1. The maximum absolute atomic E-state index is 12.6. The molecule has 1 aliphatic heterocycles. The highest BCUT2D eigenvalue weighted by atomic mass is 19.4. The third kappa shape index (κ3) is 6.16. The van der Waals surface area contributed by atoms with E-state index in [1.807, 2.05) is 11.8 Å². The van der Waals surface area contributed by atoms with Crippen LogP contribution in [-0.4, -0.2) is 54.6 Å². The van der Waals surface area contributed by atoms with E-state index in [1.54, 1.807) is 0 Å². The molecule has 0 bridgehead atoms. The maximum atomic E-state index is 12.6. The zero-order valence-electron chi connectivity index (χ0n) is 15.4. The Morgan fingerprint density at radius 1 is 1.27 bits per heavy atom. The van der Waals surface area contributed by atoms with Crippen molar-refractivity contribution in [2.75, 3.05) is 37.6 Å². The van der Waals surface area contributed by atoms with Gasteiger partial charge in [0, 0.05) is 38.4 Å². The molecule has 0 saturated carbocycles. The molecular formula is C18H27F3N4O. The Labute approximate surface area is 152 Å². The summed E-state index contributed by atoms with van der Waals surface area (Å²) in [6.07, 6.45) is -0.677. The van der Waals surface area contributed by atoms with Crippen molar-refractivity contribution in [2.24, 2.45) is 0 Å². The zero-order chi connectivity index (χ0) is 19.2. The van der Waals surface area contributed by atoms with Gasteiger partial charge in [-0.2, -0.15) is 13.2 Å². The molecule has 1 aliphatic rings. The van der Waals surface area contributed by atoms with E-state index in [-0.39, 0.29) is 11.9 Å². The number of nitrogens with zero attached hydrogens (tertiary/aromatic N) is 3. The molecule has 26 heavy (non-hydrogen) atoms. The topological polar surface area (TPSA) is 48.5 Å². The third-order valence-electron chi connectivity index (χ3n) is 4.48. The predicted octanol–water partition coefficient (Wildman–Crippen LogP) is 2.92. The van der Waals surface area contributed by atoms with Crippen LogP contribution in [0.1, 0.15) is 38.7 Å². The standard InChI is InChI=1S/C18H27F3N4O/c1-3-5-14(2)23-17(26)13-24-8-4-9-25(11-10-24)16-7-6-15(12-22-16)18(19,20)21/h6-7,12,14H,3-5,8-11,13H2,1-2H3,(H,23,26)/t14-/m0/s1. The number of hydrogen-bond donors (Lipinski definition) is 1. The summed E-state index contributed by atoms with van der Waals surface area (Å²) in [4.78, 5) is 20.1. The molecule has 2 heterocycles. The van der Waals surface area contributed by atoms with Gasteiger partial charge in [0.05, 0.1) is 12.1 Å². The van der Waals surface area contributed by atoms with Gasteiger partial charge in [-0.05, 0) is 31.9 Å². The molecule has 1 N–H and O–H groups in total. The second-order valence-electron chi connectivity index (χ2n) is 6.78. The largest absolute Gasteiger partial charge is 0.417 e. The molecule has 0 unspecified atom stereocenters. The van der Waals surface area contributed by atoms with E-state index >= 15 is 0 Å². The van der Waals surface area contributed by atoms with Crippen LogP contribution in [0.15, 0.2) is 18.3 Å². The lowest BCUT2D eigenvalue weighted by Crippen LogP contribution is -2.42. The number of carbonyl (C=O) groups is 1. The summed E-state index contributed by atoms with van der Waals surface area (Å²) in [5.41, 5.74) is -0.740. The van der Waals surface area contributed by atoms with Crippen molar-refractivity contribution in [1.29, 1.82) is 0 Å². The first-order valence-corrected chi connectivity index (χ1v) is 9.09. The predicted molar refractivity (Wildman–Crippen MR) is 95.0 cm³/mol. The fraction of sp³-hybridized carbons (Fsp3) is 0.667. The van der Waals surface area contributed by atoms with Crippen LogP contribution in [0.4, 0.5) is 19.0 Å². The van der Waals surface area contributed by atoms with Crippen LogP contribution in [0.2, 0.25) is 0 Å². The molecular weight excluding hydrogens is 345 g/mol. The Hall–Kier alpha value is -1.83. The molecule has 0 radical (unpaired) electrons. The number of anilines is 1. The fourth-order valence-corrected chi connectivity index (χ4v) is 3.13. The second-order valence-corrected chi connectivity index (χ2v) is 6.78. The molecule has 5 nitrogen and oxygen atoms in total. The highest BCUT2D eigenvalue weighted by molar-refractivity contribution is 5.78. The van der Waals surface area contributed by atoms with Crippen LogP contribution in [0, 0.1) is 0 Å². The summed E-state index contributed by atoms with van der Waals surface area (Å²) in [6.45, 7) is 7.25. The van der Waals surface area contributed by atoms with Gasteiger partial charge in [0.25, 0.3) is 0 Å². The van der Waals surface area contributed by atoms with Crippen LogP contribution in [0.5, 0.6) is 0 Å². The summed E-state index contributed by atoms with van der Waals surface area (Å²) in [6, 6.07) is 2.65. The molecule has 8 heteroatoms. The van der Waals surface area contributed by atoms with E-state index in [9.17, 15) is 18.0 Å². The lowest BCUT2D eigenvalue weighted by molar-refractivity contribution is -0.137. The van der Waals surface area contributed by atoms with Gasteiger partial charge in [-0.3, -0.25) is 9.69 Å². The first-order chi connectivity index (χ1) is 12.3. The van der Waals surface area contributed by atoms with Gasteiger partial charge in [-0.1, -0.05) is 13.3 Å².